The third kappa shape index (κ3) is 5.40. The van der Waals surface area contributed by atoms with Crippen LogP contribution in [0.1, 0.15) is 0 Å². The largest absolute Gasteiger partial charge is 0.292 e. The molecule has 248 valence electrons. The molecule has 0 radical (unpaired) electrons. The summed E-state index contributed by atoms with van der Waals surface area (Å²) in [5, 5.41) is 4.96. The molecule has 0 N–H and O–H groups in total. The van der Waals surface area contributed by atoms with E-state index in [1.165, 1.54) is 66.1 Å². The van der Waals surface area contributed by atoms with Gasteiger partial charge in [0.2, 0.25) is 0 Å². The number of para-hydroxylation sites is 2. The van der Waals surface area contributed by atoms with Crippen molar-refractivity contribution in [2.75, 3.05) is 0 Å². The van der Waals surface area contributed by atoms with Crippen molar-refractivity contribution >= 4 is 32.6 Å². The molecule has 0 atom stereocenters. The third-order valence-corrected chi connectivity index (χ3v) is 10.4. The van der Waals surface area contributed by atoms with Gasteiger partial charge in [-0.2, -0.15) is 0 Å². The SMILES string of the molecule is c1ccc(-c2ccc(-c3ccc4c(-c5ccc(-n6c(-c7ccccc7)nc7ccccc76)cc5)c5ccccc5c(-c5ccccc5)c4c3)cc2)cc1. The van der Waals surface area contributed by atoms with Crippen LogP contribution in [0.3, 0.4) is 0 Å². The van der Waals surface area contributed by atoms with Crippen LogP contribution in [0.5, 0.6) is 0 Å². The Hall–Kier alpha value is -7.03. The van der Waals surface area contributed by atoms with Crippen LogP contribution in [-0.2, 0) is 0 Å². The minimum atomic E-state index is 0.937. The molecular weight excluding hydrogens is 641 g/mol. The highest BCUT2D eigenvalue weighted by atomic mass is 15.1. The van der Waals surface area contributed by atoms with E-state index in [1.54, 1.807) is 0 Å². The van der Waals surface area contributed by atoms with Gasteiger partial charge in [0.15, 0.2) is 0 Å². The second-order valence-corrected chi connectivity index (χ2v) is 13.5. The topological polar surface area (TPSA) is 17.8 Å². The van der Waals surface area contributed by atoms with E-state index in [4.69, 9.17) is 4.98 Å². The van der Waals surface area contributed by atoms with E-state index >= 15 is 0 Å². The van der Waals surface area contributed by atoms with E-state index in [0.29, 0.717) is 0 Å². The Kier molecular flexibility index (Phi) is 7.51. The average Bonchev–Trinajstić information content (AvgIpc) is 3.63. The summed E-state index contributed by atoms with van der Waals surface area (Å²) in [4.78, 5) is 5.08. The van der Waals surface area contributed by atoms with Crippen molar-refractivity contribution in [3.63, 3.8) is 0 Å². The zero-order valence-corrected chi connectivity index (χ0v) is 29.0. The number of imidazole rings is 1. The molecule has 2 nitrogen and oxygen atoms in total. The highest BCUT2D eigenvalue weighted by molar-refractivity contribution is 6.22. The lowest BCUT2D eigenvalue weighted by Crippen LogP contribution is -1.98. The van der Waals surface area contributed by atoms with E-state index in [0.717, 1.165) is 28.1 Å². The number of nitrogens with zero attached hydrogens (tertiary/aromatic N) is 2. The standard InChI is InChI=1S/C51H34N2/c1-4-14-35(15-5-1)36-24-26-37(27-25-36)41-30-33-45-46(34-41)50(38-16-6-2-7-17-38)44-21-11-10-20-43(44)49(45)39-28-31-42(32-29-39)53-48-23-13-12-22-47(48)52-51(53)40-18-8-3-9-19-40/h1-34H. The molecule has 1 aromatic heterocycles. The predicted octanol–water partition coefficient (Wildman–Crippen LogP) is 13.7. The molecule has 0 unspecified atom stereocenters. The zero-order valence-electron chi connectivity index (χ0n) is 29.0. The summed E-state index contributed by atoms with van der Waals surface area (Å²) in [5.74, 6) is 0.937. The maximum Gasteiger partial charge on any atom is 0.145 e. The van der Waals surface area contributed by atoms with Crippen molar-refractivity contribution in [3.8, 4) is 61.6 Å². The predicted molar refractivity (Wildman–Crippen MR) is 223 cm³/mol. The van der Waals surface area contributed by atoms with Gasteiger partial charge in [0.25, 0.3) is 0 Å². The van der Waals surface area contributed by atoms with Crippen LogP contribution in [0.25, 0.3) is 94.2 Å². The molecule has 53 heavy (non-hydrogen) atoms. The summed E-state index contributed by atoms with van der Waals surface area (Å²) in [7, 11) is 0. The van der Waals surface area contributed by atoms with Crippen molar-refractivity contribution in [2.24, 2.45) is 0 Å². The summed E-state index contributed by atoms with van der Waals surface area (Å²) < 4.78 is 2.28. The molecular formula is C51H34N2. The molecule has 2 heteroatoms. The molecule has 10 rings (SSSR count). The summed E-state index contributed by atoms with van der Waals surface area (Å²) >= 11 is 0. The minimum Gasteiger partial charge on any atom is -0.292 e. The molecule has 0 bridgehead atoms. The lowest BCUT2D eigenvalue weighted by molar-refractivity contribution is 1.10. The first-order valence-corrected chi connectivity index (χ1v) is 18.1. The monoisotopic (exact) mass is 674 g/mol. The Labute approximate surface area is 308 Å². The molecule has 0 spiro atoms. The van der Waals surface area contributed by atoms with Crippen LogP contribution in [0, 0.1) is 0 Å². The number of hydrogen-bond acceptors (Lipinski definition) is 1. The molecule has 0 saturated heterocycles. The second-order valence-electron chi connectivity index (χ2n) is 13.5. The summed E-state index contributed by atoms with van der Waals surface area (Å²) in [5.41, 5.74) is 14.0. The van der Waals surface area contributed by atoms with Gasteiger partial charge in [-0.3, -0.25) is 4.57 Å². The van der Waals surface area contributed by atoms with Crippen molar-refractivity contribution in [3.05, 3.63) is 206 Å². The number of fused-ring (bicyclic) bond motifs is 3. The molecule has 0 amide bonds. The average molecular weight is 675 g/mol. The first-order valence-electron chi connectivity index (χ1n) is 18.1. The van der Waals surface area contributed by atoms with E-state index < -0.39 is 0 Å². The molecule has 0 aliphatic heterocycles. The summed E-state index contributed by atoms with van der Waals surface area (Å²) in [6, 6.07) is 74.1. The summed E-state index contributed by atoms with van der Waals surface area (Å²) in [6.45, 7) is 0. The van der Waals surface area contributed by atoms with Gasteiger partial charge in [-0.1, -0.05) is 176 Å². The normalized spacial score (nSPS) is 11.4. The quantitative estimate of drug-likeness (QED) is 0.161. The molecule has 0 saturated carbocycles. The van der Waals surface area contributed by atoms with Crippen LogP contribution in [0.15, 0.2) is 206 Å². The fraction of sp³-hybridized carbons (Fsp3) is 0. The molecule has 0 aliphatic carbocycles. The first kappa shape index (κ1) is 30.8. The van der Waals surface area contributed by atoms with Crippen molar-refractivity contribution in [1.82, 2.24) is 9.55 Å². The van der Waals surface area contributed by atoms with Gasteiger partial charge in [-0.25, -0.2) is 4.98 Å². The van der Waals surface area contributed by atoms with Gasteiger partial charge in [0, 0.05) is 11.3 Å². The second kappa shape index (κ2) is 12.9. The van der Waals surface area contributed by atoms with Crippen LogP contribution in [-0.4, -0.2) is 9.55 Å². The smallest absolute Gasteiger partial charge is 0.145 e. The van der Waals surface area contributed by atoms with Gasteiger partial charge < -0.3 is 0 Å². The number of aromatic nitrogens is 2. The van der Waals surface area contributed by atoms with Crippen molar-refractivity contribution in [1.29, 1.82) is 0 Å². The highest BCUT2D eigenvalue weighted by Gasteiger charge is 2.19. The van der Waals surface area contributed by atoms with Crippen LogP contribution in [0.2, 0.25) is 0 Å². The lowest BCUT2D eigenvalue weighted by Gasteiger charge is -2.19. The van der Waals surface area contributed by atoms with Crippen LogP contribution in [0.4, 0.5) is 0 Å². The van der Waals surface area contributed by atoms with Gasteiger partial charge in [0.05, 0.1) is 11.0 Å². The minimum absolute atomic E-state index is 0.937. The maximum absolute atomic E-state index is 5.08. The Morgan fingerprint density at radius 1 is 0.302 bits per heavy atom. The van der Waals surface area contributed by atoms with Gasteiger partial charge in [-0.15, -0.1) is 0 Å². The zero-order chi connectivity index (χ0) is 35.1. The van der Waals surface area contributed by atoms with E-state index in [1.807, 2.05) is 6.07 Å². The number of rotatable bonds is 6. The third-order valence-electron chi connectivity index (χ3n) is 10.4. The van der Waals surface area contributed by atoms with Crippen LogP contribution >= 0.6 is 0 Å². The van der Waals surface area contributed by atoms with Crippen molar-refractivity contribution in [2.45, 2.75) is 0 Å². The Bertz CT molecular complexity index is 2890. The summed E-state index contributed by atoms with van der Waals surface area (Å²) in [6.07, 6.45) is 0. The van der Waals surface area contributed by atoms with Crippen LogP contribution < -0.4 is 0 Å². The molecule has 1 heterocycles. The maximum atomic E-state index is 5.08. The molecule has 0 fully saturated rings. The lowest BCUT2D eigenvalue weighted by atomic mass is 9.85. The van der Waals surface area contributed by atoms with Gasteiger partial charge in [-0.05, 0) is 96.4 Å². The molecule has 9 aromatic carbocycles. The highest BCUT2D eigenvalue weighted by Crippen LogP contribution is 2.45. The van der Waals surface area contributed by atoms with Crippen molar-refractivity contribution < 1.29 is 0 Å². The fourth-order valence-corrected chi connectivity index (χ4v) is 7.92. The fourth-order valence-electron chi connectivity index (χ4n) is 7.92. The van der Waals surface area contributed by atoms with E-state index in [-0.39, 0.29) is 0 Å². The Morgan fingerprint density at radius 2 is 0.736 bits per heavy atom. The van der Waals surface area contributed by atoms with Gasteiger partial charge in [0.1, 0.15) is 5.82 Å². The molecule has 0 aliphatic rings. The van der Waals surface area contributed by atoms with E-state index in [2.05, 4.69) is 205 Å². The van der Waals surface area contributed by atoms with Gasteiger partial charge >= 0.3 is 0 Å². The first-order chi connectivity index (χ1) is 26.3. The Balaban J connectivity index is 1.16. The molecule has 10 aromatic rings. The number of hydrogen-bond donors (Lipinski definition) is 0. The number of benzene rings is 9. The van der Waals surface area contributed by atoms with E-state index in [9.17, 15) is 0 Å². The Morgan fingerprint density at radius 3 is 1.40 bits per heavy atom.